The number of carbonyl (C=O) groups excluding carboxylic acids is 1. The number of ketones is 1. The van der Waals surface area contributed by atoms with E-state index in [2.05, 4.69) is 25.7 Å². The molecule has 0 amide bonds. The van der Waals surface area contributed by atoms with Crippen molar-refractivity contribution in [2.45, 2.75) is 26.3 Å². The van der Waals surface area contributed by atoms with Crippen molar-refractivity contribution >= 4 is 5.78 Å². The van der Waals surface area contributed by atoms with E-state index in [1.165, 1.54) is 0 Å². The van der Waals surface area contributed by atoms with Gasteiger partial charge in [-0.3, -0.25) is 9.69 Å². The molecule has 0 spiro atoms. The van der Waals surface area contributed by atoms with Crippen LogP contribution in [0.15, 0.2) is 30.3 Å². The summed E-state index contributed by atoms with van der Waals surface area (Å²) in [6.07, 6.45) is 0. The van der Waals surface area contributed by atoms with E-state index in [1.54, 1.807) is 0 Å². The number of hydrogen-bond donors (Lipinski definition) is 0. The van der Waals surface area contributed by atoms with Crippen molar-refractivity contribution in [1.29, 1.82) is 0 Å². The van der Waals surface area contributed by atoms with E-state index in [4.69, 9.17) is 0 Å². The maximum absolute atomic E-state index is 12.1. The average Bonchev–Trinajstić information content (AvgIpc) is 2.14. The third-order valence-electron chi connectivity index (χ3n) is 3.26. The summed E-state index contributed by atoms with van der Waals surface area (Å²) in [6, 6.07) is 9.60. The Balaban J connectivity index is 1.96. The maximum atomic E-state index is 12.1. The summed E-state index contributed by atoms with van der Waals surface area (Å²) in [7, 11) is 0. The van der Waals surface area contributed by atoms with E-state index >= 15 is 0 Å². The Hall–Kier alpha value is -1.15. The lowest BCUT2D eigenvalue weighted by atomic mass is 9.87. The van der Waals surface area contributed by atoms with Gasteiger partial charge in [-0.2, -0.15) is 0 Å². The normalized spacial score (nSPS) is 18.2. The van der Waals surface area contributed by atoms with Crippen LogP contribution in [0.1, 0.15) is 31.1 Å². The van der Waals surface area contributed by atoms with Gasteiger partial charge in [-0.15, -0.1) is 0 Å². The molecule has 0 atom stereocenters. The van der Waals surface area contributed by atoms with Crippen molar-refractivity contribution in [3.8, 4) is 0 Å². The van der Waals surface area contributed by atoms with E-state index in [1.807, 2.05) is 30.3 Å². The van der Waals surface area contributed by atoms with Gasteiger partial charge in [0, 0.05) is 30.1 Å². The molecule has 1 aromatic carbocycles. The number of Topliss-reactive ketones (excluding diaryl/α,β-unsaturated/α-hetero) is 1. The molecule has 0 radical (unpaired) electrons. The molecule has 2 heteroatoms. The quantitative estimate of drug-likeness (QED) is 0.710. The fraction of sp³-hybridized carbons (Fsp3) is 0.500. The van der Waals surface area contributed by atoms with Gasteiger partial charge >= 0.3 is 0 Å². The first-order chi connectivity index (χ1) is 7.48. The maximum Gasteiger partial charge on any atom is 0.168 e. The fourth-order valence-electron chi connectivity index (χ4n) is 2.03. The predicted octanol–water partition coefficient (Wildman–Crippen LogP) is 2.60. The van der Waals surface area contributed by atoms with E-state index < -0.39 is 0 Å². The molecular weight excluding hydrogens is 198 g/mol. The van der Waals surface area contributed by atoms with Crippen molar-refractivity contribution < 1.29 is 4.79 Å². The Morgan fingerprint density at radius 2 is 1.75 bits per heavy atom. The first kappa shape index (κ1) is 11.3. The monoisotopic (exact) mass is 217 g/mol. The minimum Gasteiger partial charge on any atom is -0.297 e. The van der Waals surface area contributed by atoms with Crippen LogP contribution in [0.4, 0.5) is 0 Å². The molecule has 2 rings (SSSR count). The van der Waals surface area contributed by atoms with Gasteiger partial charge in [0.05, 0.1) is 0 Å². The number of likely N-dealkylation sites (tertiary alicyclic amines) is 1. The van der Waals surface area contributed by atoms with Crippen molar-refractivity contribution in [3.63, 3.8) is 0 Å². The molecule has 86 valence electrons. The lowest BCUT2D eigenvalue weighted by molar-refractivity contribution is 0.0169. The van der Waals surface area contributed by atoms with Crippen LogP contribution in [0.25, 0.3) is 0 Å². The van der Waals surface area contributed by atoms with Gasteiger partial charge < -0.3 is 0 Å². The summed E-state index contributed by atoms with van der Waals surface area (Å²) in [5.74, 6) is 0.489. The molecule has 1 aromatic rings. The summed E-state index contributed by atoms with van der Waals surface area (Å²) in [6.45, 7) is 8.37. The molecule has 1 heterocycles. The van der Waals surface area contributed by atoms with Crippen LogP contribution >= 0.6 is 0 Å². The number of benzene rings is 1. The molecule has 0 saturated carbocycles. The number of carbonyl (C=O) groups is 1. The van der Waals surface area contributed by atoms with E-state index in [0.717, 1.165) is 18.7 Å². The highest BCUT2D eigenvalue weighted by molar-refractivity contribution is 5.98. The molecule has 1 aliphatic heterocycles. The van der Waals surface area contributed by atoms with E-state index in [-0.39, 0.29) is 11.5 Å². The van der Waals surface area contributed by atoms with E-state index in [9.17, 15) is 4.79 Å². The Morgan fingerprint density at radius 1 is 1.19 bits per heavy atom. The Labute approximate surface area is 97.3 Å². The zero-order valence-corrected chi connectivity index (χ0v) is 10.2. The second kappa shape index (κ2) is 4.02. The smallest absolute Gasteiger partial charge is 0.168 e. The van der Waals surface area contributed by atoms with Gasteiger partial charge in [-0.25, -0.2) is 0 Å². The van der Waals surface area contributed by atoms with Crippen LogP contribution in [0.5, 0.6) is 0 Å². The fourth-order valence-corrected chi connectivity index (χ4v) is 2.03. The SMILES string of the molecule is CC(C)(C)N1CC(C(=O)c2ccccc2)C1. The molecule has 1 saturated heterocycles. The van der Waals surface area contributed by atoms with Gasteiger partial charge in [-0.1, -0.05) is 30.3 Å². The molecule has 1 fully saturated rings. The number of rotatable bonds is 2. The predicted molar refractivity (Wildman–Crippen MR) is 65.6 cm³/mol. The van der Waals surface area contributed by atoms with Gasteiger partial charge in [0.15, 0.2) is 5.78 Å². The molecule has 16 heavy (non-hydrogen) atoms. The minimum atomic E-state index is 0.188. The third kappa shape index (κ3) is 2.17. The Kier molecular flexibility index (Phi) is 2.85. The summed E-state index contributed by atoms with van der Waals surface area (Å²) in [4.78, 5) is 14.4. The molecule has 0 unspecified atom stereocenters. The van der Waals surface area contributed by atoms with Crippen molar-refractivity contribution in [3.05, 3.63) is 35.9 Å². The van der Waals surface area contributed by atoms with Crippen molar-refractivity contribution in [2.24, 2.45) is 5.92 Å². The van der Waals surface area contributed by atoms with Crippen LogP contribution in [-0.4, -0.2) is 29.3 Å². The topological polar surface area (TPSA) is 20.3 Å². The Bertz CT molecular complexity index is 371. The first-order valence-electron chi connectivity index (χ1n) is 5.83. The van der Waals surface area contributed by atoms with E-state index in [0.29, 0.717) is 5.78 Å². The van der Waals surface area contributed by atoms with Crippen LogP contribution in [-0.2, 0) is 0 Å². The molecule has 0 aliphatic carbocycles. The first-order valence-corrected chi connectivity index (χ1v) is 5.83. The largest absolute Gasteiger partial charge is 0.297 e. The van der Waals surface area contributed by atoms with Crippen LogP contribution < -0.4 is 0 Å². The minimum absolute atomic E-state index is 0.188. The number of nitrogens with zero attached hydrogens (tertiary/aromatic N) is 1. The molecule has 1 aliphatic rings. The summed E-state index contributed by atoms with van der Waals surface area (Å²) < 4.78 is 0. The molecule has 0 N–H and O–H groups in total. The van der Waals surface area contributed by atoms with Gasteiger partial charge in [0.2, 0.25) is 0 Å². The summed E-state index contributed by atoms with van der Waals surface area (Å²) >= 11 is 0. The van der Waals surface area contributed by atoms with Crippen LogP contribution in [0.2, 0.25) is 0 Å². The molecule has 2 nitrogen and oxygen atoms in total. The molecular formula is C14H19NO. The summed E-state index contributed by atoms with van der Waals surface area (Å²) in [5.41, 5.74) is 1.04. The second-order valence-corrected chi connectivity index (χ2v) is 5.50. The second-order valence-electron chi connectivity index (χ2n) is 5.50. The highest BCUT2D eigenvalue weighted by Gasteiger charge is 2.38. The summed E-state index contributed by atoms with van der Waals surface area (Å²) in [5, 5.41) is 0. The highest BCUT2D eigenvalue weighted by Crippen LogP contribution is 2.27. The van der Waals surface area contributed by atoms with Crippen molar-refractivity contribution in [2.75, 3.05) is 13.1 Å². The third-order valence-corrected chi connectivity index (χ3v) is 3.26. The average molecular weight is 217 g/mol. The lowest BCUT2D eigenvalue weighted by Crippen LogP contribution is -2.58. The van der Waals surface area contributed by atoms with Gasteiger partial charge in [0.25, 0.3) is 0 Å². The van der Waals surface area contributed by atoms with Crippen LogP contribution in [0.3, 0.4) is 0 Å². The zero-order chi connectivity index (χ0) is 11.8. The Morgan fingerprint density at radius 3 is 2.25 bits per heavy atom. The van der Waals surface area contributed by atoms with Gasteiger partial charge in [-0.05, 0) is 20.8 Å². The molecule has 0 bridgehead atoms. The number of hydrogen-bond acceptors (Lipinski definition) is 2. The lowest BCUT2D eigenvalue weighted by Gasteiger charge is -2.47. The van der Waals surface area contributed by atoms with Gasteiger partial charge in [0.1, 0.15) is 0 Å². The van der Waals surface area contributed by atoms with Crippen molar-refractivity contribution in [1.82, 2.24) is 4.90 Å². The van der Waals surface area contributed by atoms with Crippen LogP contribution in [0, 0.1) is 5.92 Å². The standard InChI is InChI=1S/C14H19NO/c1-14(2,3)15-9-12(10-15)13(16)11-7-5-4-6-8-11/h4-8,12H,9-10H2,1-3H3. The zero-order valence-electron chi connectivity index (χ0n) is 10.2. The molecule has 0 aromatic heterocycles. The highest BCUT2D eigenvalue weighted by atomic mass is 16.1.